The number of hydrogen-bond donors (Lipinski definition) is 2. The number of hydrogen-bond acceptors (Lipinski definition) is 3. The molecule has 2 rings (SSSR count). The predicted octanol–water partition coefficient (Wildman–Crippen LogP) is 6.12. The number of thiocarbonyl (C=S) groups is 1. The number of halogens is 1. The zero-order valence-electron chi connectivity index (χ0n) is 16.4. The lowest BCUT2D eigenvalue weighted by molar-refractivity contribution is 0.0977. The van der Waals surface area contributed by atoms with Gasteiger partial charge in [0.15, 0.2) is 5.11 Å². The minimum Gasteiger partial charge on any atom is -0.494 e. The van der Waals surface area contributed by atoms with E-state index in [1.165, 1.54) is 25.7 Å². The van der Waals surface area contributed by atoms with Gasteiger partial charge in [-0.25, -0.2) is 0 Å². The van der Waals surface area contributed by atoms with E-state index in [0.717, 1.165) is 23.4 Å². The van der Waals surface area contributed by atoms with Crippen LogP contribution in [0.25, 0.3) is 0 Å². The Kier molecular flexibility index (Phi) is 9.24. The fourth-order valence-corrected chi connectivity index (χ4v) is 3.05. The third kappa shape index (κ3) is 7.13. The fraction of sp³-hybridized carbons (Fsp3) is 0.364. The van der Waals surface area contributed by atoms with Crippen molar-refractivity contribution in [3.05, 3.63) is 58.6 Å². The molecule has 0 fully saturated rings. The quantitative estimate of drug-likeness (QED) is 0.380. The van der Waals surface area contributed by atoms with Gasteiger partial charge in [0.05, 0.1) is 6.61 Å². The first kappa shape index (κ1) is 22.2. The summed E-state index contributed by atoms with van der Waals surface area (Å²) in [4.78, 5) is 12.4. The molecule has 28 heavy (non-hydrogen) atoms. The van der Waals surface area contributed by atoms with Gasteiger partial charge in [0, 0.05) is 16.3 Å². The molecule has 0 atom stereocenters. The molecule has 0 spiro atoms. The van der Waals surface area contributed by atoms with Crippen LogP contribution in [0.1, 0.15) is 54.9 Å². The highest BCUT2D eigenvalue weighted by molar-refractivity contribution is 7.80. The van der Waals surface area contributed by atoms with E-state index in [-0.39, 0.29) is 11.0 Å². The molecule has 0 radical (unpaired) electrons. The Labute approximate surface area is 177 Å². The summed E-state index contributed by atoms with van der Waals surface area (Å²) in [6.45, 7) is 4.79. The van der Waals surface area contributed by atoms with Gasteiger partial charge < -0.3 is 10.1 Å². The van der Waals surface area contributed by atoms with Gasteiger partial charge in [-0.15, -0.1) is 0 Å². The van der Waals surface area contributed by atoms with Crippen molar-refractivity contribution in [1.29, 1.82) is 0 Å². The molecular weight excluding hydrogens is 392 g/mol. The number of carbonyl (C=O) groups excluding carboxylic acids is 1. The highest BCUT2D eigenvalue weighted by Gasteiger charge is 2.10. The van der Waals surface area contributed by atoms with Gasteiger partial charge in [-0.05, 0) is 67.5 Å². The minimum absolute atomic E-state index is 0.225. The average molecular weight is 419 g/mol. The largest absolute Gasteiger partial charge is 0.494 e. The molecule has 2 aromatic carbocycles. The van der Waals surface area contributed by atoms with E-state index in [2.05, 4.69) is 17.6 Å². The van der Waals surface area contributed by atoms with Crippen LogP contribution in [0.4, 0.5) is 5.69 Å². The van der Waals surface area contributed by atoms with Crippen LogP contribution in [-0.4, -0.2) is 17.6 Å². The zero-order valence-corrected chi connectivity index (χ0v) is 18.0. The highest BCUT2D eigenvalue weighted by atomic mass is 35.5. The molecule has 0 aliphatic carbocycles. The van der Waals surface area contributed by atoms with Crippen molar-refractivity contribution in [2.45, 2.75) is 46.0 Å². The Bertz CT molecular complexity index is 794. The molecule has 0 aliphatic rings. The van der Waals surface area contributed by atoms with Crippen LogP contribution in [0.2, 0.25) is 5.02 Å². The van der Waals surface area contributed by atoms with Gasteiger partial charge in [0.1, 0.15) is 5.75 Å². The Balaban J connectivity index is 1.80. The molecule has 0 saturated heterocycles. The average Bonchev–Trinajstić information content (AvgIpc) is 2.68. The van der Waals surface area contributed by atoms with E-state index in [0.29, 0.717) is 17.2 Å². The Morgan fingerprint density at radius 2 is 1.79 bits per heavy atom. The van der Waals surface area contributed by atoms with Crippen LogP contribution >= 0.6 is 23.8 Å². The lowest BCUT2D eigenvalue weighted by Crippen LogP contribution is -2.34. The van der Waals surface area contributed by atoms with Crippen LogP contribution in [0.15, 0.2) is 42.5 Å². The van der Waals surface area contributed by atoms with Crippen LogP contribution < -0.4 is 15.4 Å². The SMILES string of the molecule is CCCCCCCOc1ccc(C(=O)NC(=S)Nc2cccc(Cl)c2C)cc1. The van der Waals surface area contributed by atoms with E-state index >= 15 is 0 Å². The second-order valence-corrected chi connectivity index (χ2v) is 7.42. The van der Waals surface area contributed by atoms with Crippen molar-refractivity contribution in [3.8, 4) is 5.75 Å². The van der Waals surface area contributed by atoms with Crippen LogP contribution in [-0.2, 0) is 0 Å². The molecule has 6 heteroatoms. The third-order valence-electron chi connectivity index (χ3n) is 4.38. The fourth-order valence-electron chi connectivity index (χ4n) is 2.67. The number of unbranched alkanes of at least 4 members (excludes halogenated alkanes) is 4. The maximum absolute atomic E-state index is 12.4. The molecule has 2 N–H and O–H groups in total. The summed E-state index contributed by atoms with van der Waals surface area (Å²) >= 11 is 11.3. The monoisotopic (exact) mass is 418 g/mol. The molecule has 2 aromatic rings. The molecule has 0 saturated carbocycles. The number of anilines is 1. The number of carbonyl (C=O) groups is 1. The number of benzene rings is 2. The van der Waals surface area contributed by atoms with Crippen LogP contribution in [0, 0.1) is 6.92 Å². The Hall–Kier alpha value is -2.11. The van der Waals surface area contributed by atoms with Gasteiger partial charge in [-0.2, -0.15) is 0 Å². The number of ether oxygens (including phenoxy) is 1. The van der Waals surface area contributed by atoms with Crippen molar-refractivity contribution in [2.75, 3.05) is 11.9 Å². The first-order valence-electron chi connectivity index (χ1n) is 9.61. The maximum atomic E-state index is 12.4. The summed E-state index contributed by atoms with van der Waals surface area (Å²) in [7, 11) is 0. The molecular formula is C22H27ClN2O2S. The molecule has 150 valence electrons. The summed E-state index contributed by atoms with van der Waals surface area (Å²) in [5.41, 5.74) is 2.15. The van der Waals surface area contributed by atoms with Gasteiger partial charge in [-0.1, -0.05) is 50.3 Å². The molecule has 1 amide bonds. The van der Waals surface area contributed by atoms with E-state index < -0.39 is 0 Å². The first-order chi connectivity index (χ1) is 13.5. The van der Waals surface area contributed by atoms with Gasteiger partial charge in [0.25, 0.3) is 5.91 Å². The van der Waals surface area contributed by atoms with Crippen LogP contribution in [0.5, 0.6) is 5.75 Å². The van der Waals surface area contributed by atoms with E-state index in [4.69, 9.17) is 28.6 Å². The van der Waals surface area contributed by atoms with Crippen molar-refractivity contribution in [2.24, 2.45) is 0 Å². The lowest BCUT2D eigenvalue weighted by atomic mass is 10.2. The summed E-state index contributed by atoms with van der Waals surface area (Å²) < 4.78 is 5.72. The third-order valence-corrected chi connectivity index (χ3v) is 4.99. The summed E-state index contributed by atoms with van der Waals surface area (Å²) in [5, 5.41) is 6.55. The topological polar surface area (TPSA) is 50.4 Å². The standard InChI is InChI=1S/C22H27ClN2O2S/c1-3-4-5-6-7-15-27-18-13-11-17(12-14-18)21(26)25-22(28)24-20-10-8-9-19(23)16(20)2/h8-14H,3-7,15H2,1-2H3,(H2,24,25,26,28). The second kappa shape index (κ2) is 11.7. The molecule has 0 heterocycles. The second-order valence-electron chi connectivity index (χ2n) is 6.61. The summed E-state index contributed by atoms with van der Waals surface area (Å²) in [6.07, 6.45) is 6.00. The van der Waals surface area contributed by atoms with E-state index in [1.807, 2.05) is 19.1 Å². The normalized spacial score (nSPS) is 10.4. The van der Waals surface area contributed by atoms with Crippen molar-refractivity contribution in [3.63, 3.8) is 0 Å². The maximum Gasteiger partial charge on any atom is 0.257 e. The zero-order chi connectivity index (χ0) is 20.4. The molecule has 0 aromatic heterocycles. The van der Waals surface area contributed by atoms with Crippen molar-refractivity contribution in [1.82, 2.24) is 5.32 Å². The molecule has 0 aliphatic heterocycles. The Morgan fingerprint density at radius 1 is 1.07 bits per heavy atom. The summed E-state index contributed by atoms with van der Waals surface area (Å²) in [5.74, 6) is 0.491. The van der Waals surface area contributed by atoms with Gasteiger partial charge >= 0.3 is 0 Å². The van der Waals surface area contributed by atoms with Crippen molar-refractivity contribution < 1.29 is 9.53 Å². The van der Waals surface area contributed by atoms with E-state index in [9.17, 15) is 4.79 Å². The van der Waals surface area contributed by atoms with E-state index in [1.54, 1.807) is 30.3 Å². The molecule has 0 unspecified atom stereocenters. The number of rotatable bonds is 9. The Morgan fingerprint density at radius 3 is 2.50 bits per heavy atom. The number of nitrogens with one attached hydrogen (secondary N) is 2. The lowest BCUT2D eigenvalue weighted by Gasteiger charge is -2.12. The van der Waals surface area contributed by atoms with Crippen molar-refractivity contribution >= 4 is 40.5 Å². The smallest absolute Gasteiger partial charge is 0.257 e. The van der Waals surface area contributed by atoms with Crippen LogP contribution in [0.3, 0.4) is 0 Å². The summed E-state index contributed by atoms with van der Waals surface area (Å²) in [6, 6.07) is 12.6. The molecule has 0 bridgehead atoms. The number of amides is 1. The minimum atomic E-state index is -0.275. The highest BCUT2D eigenvalue weighted by Crippen LogP contribution is 2.22. The predicted molar refractivity (Wildman–Crippen MR) is 121 cm³/mol. The van der Waals surface area contributed by atoms with Gasteiger partial charge in [-0.3, -0.25) is 10.1 Å². The van der Waals surface area contributed by atoms with Gasteiger partial charge in [0.2, 0.25) is 0 Å². The molecule has 4 nitrogen and oxygen atoms in total. The first-order valence-corrected chi connectivity index (χ1v) is 10.4.